The van der Waals surface area contributed by atoms with Crippen LogP contribution in [0.25, 0.3) is 0 Å². The summed E-state index contributed by atoms with van der Waals surface area (Å²) in [6.07, 6.45) is 1.80. The van der Waals surface area contributed by atoms with Crippen molar-refractivity contribution >= 4 is 28.7 Å². The Morgan fingerprint density at radius 3 is 2.70 bits per heavy atom. The summed E-state index contributed by atoms with van der Waals surface area (Å²) in [4.78, 5) is 15.6. The van der Waals surface area contributed by atoms with E-state index in [1.807, 2.05) is 30.3 Å². The standard InChI is InChI=1S/C22H23N3O4S/c1-15-4-6-16(7-5-15)13-29-19-9-8-17(10-20(19)27-2)12-23-25-22-24-18(14-30-22)11-21(26)28-3/h4-10,12,14H,11,13H2,1-3H3,(H,24,25)/b23-12-. The quantitative estimate of drug-likeness (QED) is 0.314. The highest BCUT2D eigenvalue weighted by Gasteiger charge is 2.08. The molecule has 0 aliphatic carbocycles. The smallest absolute Gasteiger partial charge is 0.311 e. The Bertz CT molecular complexity index is 1020. The largest absolute Gasteiger partial charge is 0.493 e. The Morgan fingerprint density at radius 1 is 1.17 bits per heavy atom. The molecule has 0 atom stereocenters. The highest BCUT2D eigenvalue weighted by Crippen LogP contribution is 2.28. The zero-order chi connectivity index (χ0) is 21.3. The number of hydrazone groups is 1. The van der Waals surface area contributed by atoms with Gasteiger partial charge < -0.3 is 14.2 Å². The molecule has 0 radical (unpaired) electrons. The van der Waals surface area contributed by atoms with Gasteiger partial charge in [0.05, 0.1) is 32.5 Å². The number of hydrogen-bond acceptors (Lipinski definition) is 8. The van der Waals surface area contributed by atoms with Crippen LogP contribution in [0.4, 0.5) is 5.13 Å². The third-order valence-electron chi connectivity index (χ3n) is 4.18. The number of aryl methyl sites for hydroxylation is 1. The van der Waals surface area contributed by atoms with Crippen molar-refractivity contribution in [3.63, 3.8) is 0 Å². The number of aromatic nitrogens is 1. The van der Waals surface area contributed by atoms with Gasteiger partial charge >= 0.3 is 5.97 Å². The lowest BCUT2D eigenvalue weighted by atomic mass is 10.2. The van der Waals surface area contributed by atoms with Gasteiger partial charge in [-0.2, -0.15) is 5.10 Å². The van der Waals surface area contributed by atoms with Gasteiger partial charge in [0.2, 0.25) is 5.13 Å². The summed E-state index contributed by atoms with van der Waals surface area (Å²) in [5.41, 5.74) is 6.65. The summed E-state index contributed by atoms with van der Waals surface area (Å²) in [6.45, 7) is 2.52. The molecule has 0 aliphatic rings. The number of hydrogen-bond donors (Lipinski definition) is 1. The SMILES string of the molecule is COC(=O)Cc1csc(N/N=C\c2ccc(OCc3ccc(C)cc3)c(OC)c2)n1. The zero-order valence-corrected chi connectivity index (χ0v) is 17.9. The van der Waals surface area contributed by atoms with Crippen molar-refractivity contribution in [2.75, 3.05) is 19.6 Å². The highest BCUT2D eigenvalue weighted by atomic mass is 32.1. The molecule has 30 heavy (non-hydrogen) atoms. The van der Waals surface area contributed by atoms with Gasteiger partial charge in [-0.25, -0.2) is 4.98 Å². The van der Waals surface area contributed by atoms with Crippen LogP contribution in [-0.2, 0) is 22.6 Å². The first-order valence-corrected chi connectivity index (χ1v) is 10.1. The van der Waals surface area contributed by atoms with E-state index in [9.17, 15) is 4.79 Å². The fourth-order valence-corrected chi connectivity index (χ4v) is 3.21. The Hall–Kier alpha value is -3.39. The summed E-state index contributed by atoms with van der Waals surface area (Å²) in [7, 11) is 2.96. The van der Waals surface area contributed by atoms with Crippen LogP contribution in [0.3, 0.4) is 0 Å². The summed E-state index contributed by atoms with van der Waals surface area (Å²) in [6, 6.07) is 13.8. The molecule has 0 amide bonds. The minimum atomic E-state index is -0.327. The maximum Gasteiger partial charge on any atom is 0.311 e. The fraction of sp³-hybridized carbons (Fsp3) is 0.227. The van der Waals surface area contributed by atoms with Crippen LogP contribution in [0.15, 0.2) is 52.9 Å². The third kappa shape index (κ3) is 6.05. The van der Waals surface area contributed by atoms with Crippen molar-refractivity contribution in [3.8, 4) is 11.5 Å². The van der Waals surface area contributed by atoms with Gasteiger partial charge in [-0.3, -0.25) is 10.2 Å². The number of nitrogens with zero attached hydrogens (tertiary/aromatic N) is 2. The van der Waals surface area contributed by atoms with E-state index in [0.29, 0.717) is 28.9 Å². The maximum absolute atomic E-state index is 11.3. The Kier molecular flexibility index (Phi) is 7.40. The van der Waals surface area contributed by atoms with Gasteiger partial charge in [0.15, 0.2) is 11.5 Å². The number of anilines is 1. The number of carbonyl (C=O) groups excluding carboxylic acids is 1. The number of thiazole rings is 1. The minimum absolute atomic E-state index is 0.139. The number of esters is 1. The third-order valence-corrected chi connectivity index (χ3v) is 4.98. The van der Waals surface area contributed by atoms with Crippen molar-refractivity contribution in [2.45, 2.75) is 20.0 Å². The molecule has 0 saturated heterocycles. The summed E-state index contributed by atoms with van der Waals surface area (Å²) < 4.78 is 16.0. The van der Waals surface area contributed by atoms with Crippen molar-refractivity contribution in [1.29, 1.82) is 0 Å². The van der Waals surface area contributed by atoms with Gasteiger partial charge in [0.25, 0.3) is 0 Å². The van der Waals surface area contributed by atoms with E-state index >= 15 is 0 Å². The average Bonchev–Trinajstić information content (AvgIpc) is 3.20. The number of methoxy groups -OCH3 is 2. The number of benzene rings is 2. The summed E-state index contributed by atoms with van der Waals surface area (Å²) in [5, 5.41) is 6.57. The van der Waals surface area contributed by atoms with E-state index in [2.05, 4.69) is 39.3 Å². The van der Waals surface area contributed by atoms with Gasteiger partial charge in [-0.15, -0.1) is 11.3 Å². The van der Waals surface area contributed by atoms with Crippen LogP contribution < -0.4 is 14.9 Å². The molecule has 8 heteroatoms. The average molecular weight is 426 g/mol. The molecular weight excluding hydrogens is 402 g/mol. The van der Waals surface area contributed by atoms with E-state index in [1.54, 1.807) is 18.7 Å². The fourth-order valence-electron chi connectivity index (χ4n) is 2.55. The maximum atomic E-state index is 11.3. The normalized spacial score (nSPS) is 10.8. The number of ether oxygens (including phenoxy) is 3. The second-order valence-electron chi connectivity index (χ2n) is 6.45. The summed E-state index contributed by atoms with van der Waals surface area (Å²) >= 11 is 1.36. The Balaban J connectivity index is 1.58. The molecule has 3 rings (SSSR count). The van der Waals surface area contributed by atoms with Gasteiger partial charge in [-0.05, 0) is 36.2 Å². The van der Waals surface area contributed by atoms with Crippen LogP contribution in [0.5, 0.6) is 11.5 Å². The van der Waals surface area contributed by atoms with Crippen LogP contribution in [0.1, 0.15) is 22.4 Å². The molecule has 2 aromatic carbocycles. The molecule has 156 valence electrons. The summed E-state index contributed by atoms with van der Waals surface area (Å²) in [5.74, 6) is 0.961. The number of carbonyl (C=O) groups is 1. The first kappa shape index (κ1) is 21.3. The molecule has 0 aliphatic heterocycles. The van der Waals surface area contributed by atoms with E-state index in [1.165, 1.54) is 24.0 Å². The Labute approximate surface area is 179 Å². The lowest BCUT2D eigenvalue weighted by Gasteiger charge is -2.11. The predicted octanol–water partition coefficient (Wildman–Crippen LogP) is 4.20. The topological polar surface area (TPSA) is 82.0 Å². The Morgan fingerprint density at radius 2 is 1.97 bits per heavy atom. The predicted molar refractivity (Wildman–Crippen MR) is 118 cm³/mol. The second-order valence-corrected chi connectivity index (χ2v) is 7.31. The molecule has 3 aromatic rings. The van der Waals surface area contributed by atoms with Gasteiger partial charge in [0.1, 0.15) is 6.61 Å². The molecule has 0 saturated carbocycles. The molecule has 7 nitrogen and oxygen atoms in total. The zero-order valence-electron chi connectivity index (χ0n) is 17.0. The van der Waals surface area contributed by atoms with Crippen molar-refractivity contribution in [2.24, 2.45) is 5.10 Å². The van der Waals surface area contributed by atoms with Crippen molar-refractivity contribution in [3.05, 3.63) is 70.2 Å². The molecule has 1 heterocycles. The molecule has 0 unspecified atom stereocenters. The molecule has 1 aromatic heterocycles. The van der Waals surface area contributed by atoms with Crippen LogP contribution >= 0.6 is 11.3 Å². The van der Waals surface area contributed by atoms with E-state index in [4.69, 9.17) is 9.47 Å². The first-order valence-electron chi connectivity index (χ1n) is 9.24. The first-order chi connectivity index (χ1) is 14.6. The van der Waals surface area contributed by atoms with Crippen LogP contribution in [0.2, 0.25) is 0 Å². The lowest BCUT2D eigenvalue weighted by Crippen LogP contribution is -2.04. The van der Waals surface area contributed by atoms with Gasteiger partial charge in [-0.1, -0.05) is 29.8 Å². The van der Waals surface area contributed by atoms with Crippen molar-refractivity contribution < 1.29 is 19.0 Å². The number of rotatable bonds is 9. The van der Waals surface area contributed by atoms with Crippen LogP contribution in [0, 0.1) is 6.92 Å². The minimum Gasteiger partial charge on any atom is -0.493 e. The number of nitrogens with one attached hydrogen (secondary N) is 1. The van der Waals surface area contributed by atoms with E-state index in [-0.39, 0.29) is 12.4 Å². The second kappa shape index (κ2) is 10.4. The van der Waals surface area contributed by atoms with Gasteiger partial charge in [0, 0.05) is 5.38 Å². The van der Waals surface area contributed by atoms with E-state index in [0.717, 1.165) is 11.1 Å². The lowest BCUT2D eigenvalue weighted by molar-refractivity contribution is -0.139. The molecule has 0 fully saturated rings. The van der Waals surface area contributed by atoms with E-state index < -0.39 is 0 Å². The van der Waals surface area contributed by atoms with Crippen LogP contribution in [-0.4, -0.2) is 31.4 Å². The highest BCUT2D eigenvalue weighted by molar-refractivity contribution is 7.13. The molecule has 0 spiro atoms. The van der Waals surface area contributed by atoms with Crippen molar-refractivity contribution in [1.82, 2.24) is 4.98 Å². The molecular formula is C22H23N3O4S. The monoisotopic (exact) mass is 425 g/mol. The molecule has 1 N–H and O–H groups in total. The molecule has 0 bridgehead atoms.